The van der Waals surface area contributed by atoms with E-state index >= 15 is 0 Å². The molecular formula is C21H21ClN2O. The van der Waals surface area contributed by atoms with Crippen LogP contribution in [-0.2, 0) is 6.54 Å². The topological polar surface area (TPSA) is 33.6 Å². The zero-order chi connectivity index (χ0) is 17.5. The number of nitrogens with one attached hydrogen (secondary N) is 1. The summed E-state index contributed by atoms with van der Waals surface area (Å²) in [6.45, 7) is 3.36. The van der Waals surface area contributed by atoms with Crippen molar-refractivity contribution in [3.63, 3.8) is 0 Å². The Kier molecular flexibility index (Phi) is 5.91. The molecule has 4 heteroatoms. The highest BCUT2D eigenvalue weighted by Crippen LogP contribution is 2.26. The molecule has 25 heavy (non-hydrogen) atoms. The summed E-state index contributed by atoms with van der Waals surface area (Å²) in [4.78, 5) is 0. The van der Waals surface area contributed by atoms with Crippen LogP contribution in [0.4, 0.5) is 0 Å². The Labute approximate surface area is 153 Å². The monoisotopic (exact) mass is 352 g/mol. The molecule has 0 aliphatic rings. The van der Waals surface area contributed by atoms with Gasteiger partial charge in [0.1, 0.15) is 5.75 Å². The van der Waals surface area contributed by atoms with Crippen LogP contribution in [0.25, 0.3) is 10.8 Å². The van der Waals surface area contributed by atoms with Crippen molar-refractivity contribution in [2.45, 2.75) is 19.9 Å². The fourth-order valence-corrected chi connectivity index (χ4v) is 2.83. The van der Waals surface area contributed by atoms with Crippen LogP contribution in [0.2, 0.25) is 5.02 Å². The Morgan fingerprint density at radius 1 is 1.04 bits per heavy atom. The predicted molar refractivity (Wildman–Crippen MR) is 106 cm³/mol. The third-order valence-corrected chi connectivity index (χ3v) is 4.27. The molecule has 0 spiro atoms. The van der Waals surface area contributed by atoms with E-state index in [0.717, 1.165) is 33.7 Å². The molecule has 0 amide bonds. The van der Waals surface area contributed by atoms with Crippen LogP contribution >= 0.6 is 11.6 Å². The molecule has 0 fully saturated rings. The lowest BCUT2D eigenvalue weighted by atomic mass is 10.0. The number of halogens is 1. The first-order chi connectivity index (χ1) is 12.3. The zero-order valence-corrected chi connectivity index (χ0v) is 15.0. The third-order valence-electron chi connectivity index (χ3n) is 3.90. The first-order valence-corrected chi connectivity index (χ1v) is 8.81. The van der Waals surface area contributed by atoms with Gasteiger partial charge in [0, 0.05) is 10.6 Å². The van der Waals surface area contributed by atoms with Crippen molar-refractivity contribution in [2.75, 3.05) is 6.61 Å². The van der Waals surface area contributed by atoms with Crippen molar-refractivity contribution in [1.29, 1.82) is 0 Å². The Morgan fingerprint density at radius 2 is 1.84 bits per heavy atom. The van der Waals surface area contributed by atoms with Crippen LogP contribution in [-0.4, -0.2) is 12.8 Å². The Balaban J connectivity index is 1.82. The summed E-state index contributed by atoms with van der Waals surface area (Å²) in [5.74, 6) is 0.851. The van der Waals surface area contributed by atoms with Crippen molar-refractivity contribution in [2.24, 2.45) is 5.10 Å². The van der Waals surface area contributed by atoms with Crippen molar-refractivity contribution in [3.05, 3.63) is 76.8 Å². The summed E-state index contributed by atoms with van der Waals surface area (Å²) in [6.07, 6.45) is 2.79. The molecule has 3 rings (SSSR count). The summed E-state index contributed by atoms with van der Waals surface area (Å²) in [7, 11) is 0. The van der Waals surface area contributed by atoms with E-state index in [2.05, 4.69) is 35.7 Å². The molecule has 128 valence electrons. The molecule has 3 nitrogen and oxygen atoms in total. The van der Waals surface area contributed by atoms with E-state index in [0.29, 0.717) is 13.2 Å². The van der Waals surface area contributed by atoms with Gasteiger partial charge in [0.2, 0.25) is 0 Å². The molecule has 3 aromatic rings. The molecule has 0 bridgehead atoms. The van der Waals surface area contributed by atoms with E-state index in [1.165, 1.54) is 5.39 Å². The van der Waals surface area contributed by atoms with Crippen molar-refractivity contribution >= 4 is 28.6 Å². The lowest BCUT2D eigenvalue weighted by molar-refractivity contribution is 0.317. The van der Waals surface area contributed by atoms with Gasteiger partial charge in [-0.15, -0.1) is 0 Å². The minimum atomic E-state index is 0.575. The average molecular weight is 353 g/mol. The number of benzene rings is 3. The molecule has 0 radical (unpaired) electrons. The van der Waals surface area contributed by atoms with E-state index in [-0.39, 0.29) is 0 Å². The van der Waals surface area contributed by atoms with Gasteiger partial charge in [-0.2, -0.15) is 5.10 Å². The maximum absolute atomic E-state index is 6.17. The molecule has 0 heterocycles. The van der Waals surface area contributed by atoms with Crippen molar-refractivity contribution < 1.29 is 4.74 Å². The number of hydrogen-bond acceptors (Lipinski definition) is 3. The van der Waals surface area contributed by atoms with Gasteiger partial charge in [-0.1, -0.05) is 67.1 Å². The highest BCUT2D eigenvalue weighted by molar-refractivity contribution is 6.31. The molecule has 3 aromatic carbocycles. The summed E-state index contributed by atoms with van der Waals surface area (Å²) in [6, 6.07) is 20.1. The molecule has 1 N–H and O–H groups in total. The lowest BCUT2D eigenvalue weighted by Crippen LogP contribution is -2.07. The fourth-order valence-electron chi connectivity index (χ4n) is 2.63. The van der Waals surface area contributed by atoms with E-state index in [9.17, 15) is 0 Å². The molecule has 0 aliphatic carbocycles. The fraction of sp³-hybridized carbons (Fsp3) is 0.190. The quantitative estimate of drug-likeness (QED) is 0.456. The number of fused-ring (bicyclic) bond motifs is 1. The number of hydrogen-bond donors (Lipinski definition) is 1. The maximum atomic E-state index is 6.17. The molecule has 0 aromatic heterocycles. The van der Waals surface area contributed by atoms with Crippen LogP contribution in [0.1, 0.15) is 24.5 Å². The van der Waals surface area contributed by atoms with Gasteiger partial charge >= 0.3 is 0 Å². The second-order valence-corrected chi connectivity index (χ2v) is 6.14. The molecule has 0 saturated heterocycles. The minimum Gasteiger partial charge on any atom is -0.493 e. The van der Waals surface area contributed by atoms with Gasteiger partial charge in [-0.3, -0.25) is 0 Å². The Hall–Kier alpha value is -2.52. The van der Waals surface area contributed by atoms with Gasteiger partial charge in [0.05, 0.1) is 19.4 Å². The first-order valence-electron chi connectivity index (χ1n) is 8.43. The average Bonchev–Trinajstić information content (AvgIpc) is 2.65. The van der Waals surface area contributed by atoms with Gasteiger partial charge in [-0.05, 0) is 34.9 Å². The highest BCUT2D eigenvalue weighted by atomic mass is 35.5. The number of rotatable bonds is 7. The number of hydrazone groups is 1. The summed E-state index contributed by atoms with van der Waals surface area (Å²) >= 11 is 6.17. The number of ether oxygens (including phenoxy) is 1. The van der Waals surface area contributed by atoms with Crippen LogP contribution in [0.5, 0.6) is 5.75 Å². The molecule has 0 aliphatic heterocycles. The van der Waals surface area contributed by atoms with Crippen molar-refractivity contribution in [3.8, 4) is 5.75 Å². The van der Waals surface area contributed by atoms with Crippen LogP contribution in [0.3, 0.4) is 0 Å². The maximum Gasteiger partial charge on any atom is 0.128 e. The largest absolute Gasteiger partial charge is 0.493 e. The van der Waals surface area contributed by atoms with Crippen LogP contribution < -0.4 is 10.2 Å². The summed E-state index contributed by atoms with van der Waals surface area (Å²) in [5, 5.41) is 7.41. The second-order valence-electron chi connectivity index (χ2n) is 5.73. The number of nitrogens with zero attached hydrogens (tertiary/aromatic N) is 1. The van der Waals surface area contributed by atoms with E-state index in [4.69, 9.17) is 16.3 Å². The zero-order valence-electron chi connectivity index (χ0n) is 14.2. The molecule has 0 saturated carbocycles. The SMILES string of the molecule is CCCOc1ccc2ccccc2c1/C=N\NCc1ccccc1Cl. The first kappa shape index (κ1) is 17.3. The van der Waals surface area contributed by atoms with Crippen LogP contribution in [0.15, 0.2) is 65.8 Å². The lowest BCUT2D eigenvalue weighted by Gasteiger charge is -2.11. The second kappa shape index (κ2) is 8.54. The Morgan fingerprint density at radius 3 is 2.68 bits per heavy atom. The van der Waals surface area contributed by atoms with Gasteiger partial charge < -0.3 is 10.2 Å². The highest BCUT2D eigenvalue weighted by Gasteiger charge is 2.07. The van der Waals surface area contributed by atoms with Gasteiger partial charge in [0.25, 0.3) is 0 Å². The van der Waals surface area contributed by atoms with Crippen LogP contribution in [0, 0.1) is 0 Å². The van der Waals surface area contributed by atoms with E-state index in [1.54, 1.807) is 0 Å². The van der Waals surface area contributed by atoms with Gasteiger partial charge in [0.15, 0.2) is 0 Å². The normalized spacial score (nSPS) is 11.1. The Bertz CT molecular complexity index is 877. The standard InChI is InChI=1S/C21H21ClN2O/c1-2-13-25-21-12-11-16-7-3-5-9-18(16)19(21)15-24-23-14-17-8-4-6-10-20(17)22/h3-12,15,23H,2,13-14H2,1H3/b24-15-. The van der Waals surface area contributed by atoms with E-state index < -0.39 is 0 Å². The predicted octanol–water partition coefficient (Wildman–Crippen LogP) is 5.41. The third kappa shape index (κ3) is 4.31. The molecule has 0 atom stereocenters. The molecule has 0 unspecified atom stereocenters. The van der Waals surface area contributed by atoms with Crippen molar-refractivity contribution in [1.82, 2.24) is 5.43 Å². The summed E-state index contributed by atoms with van der Waals surface area (Å²) in [5.41, 5.74) is 5.07. The summed E-state index contributed by atoms with van der Waals surface area (Å²) < 4.78 is 5.89. The van der Waals surface area contributed by atoms with Gasteiger partial charge in [-0.25, -0.2) is 0 Å². The van der Waals surface area contributed by atoms with E-state index in [1.807, 2.05) is 48.7 Å². The minimum absolute atomic E-state index is 0.575. The molecular weight excluding hydrogens is 332 g/mol. The smallest absolute Gasteiger partial charge is 0.128 e.